The second-order valence-corrected chi connectivity index (χ2v) is 6.03. The molecule has 1 heterocycles. The van der Waals surface area contributed by atoms with Crippen LogP contribution in [0.5, 0.6) is 0 Å². The van der Waals surface area contributed by atoms with Crippen LogP contribution in [0.2, 0.25) is 0 Å². The van der Waals surface area contributed by atoms with Gasteiger partial charge in [0, 0.05) is 16.3 Å². The average molecular weight is 289 g/mol. The van der Waals surface area contributed by atoms with E-state index >= 15 is 0 Å². The molecule has 0 spiro atoms. The Balaban J connectivity index is 2.36. The summed E-state index contributed by atoms with van der Waals surface area (Å²) in [5, 5.41) is 5.44. The first-order valence-electron chi connectivity index (χ1n) is 6.48. The van der Waals surface area contributed by atoms with E-state index < -0.39 is 5.91 Å². The fourth-order valence-corrected chi connectivity index (χ4v) is 3.05. The van der Waals surface area contributed by atoms with Gasteiger partial charge in [-0.15, -0.1) is 11.3 Å². The zero-order chi connectivity index (χ0) is 14.7. The van der Waals surface area contributed by atoms with Gasteiger partial charge in [-0.25, -0.2) is 0 Å². The second-order valence-electron chi connectivity index (χ2n) is 5.05. The lowest BCUT2D eigenvalue weighted by atomic mass is 10.0. The predicted molar refractivity (Wildman–Crippen MR) is 84.9 cm³/mol. The fraction of sp³-hybridized carbons (Fsp3) is 0.267. The number of primary amides is 1. The van der Waals surface area contributed by atoms with Crippen molar-refractivity contribution in [1.82, 2.24) is 0 Å². The summed E-state index contributed by atoms with van der Waals surface area (Å²) in [5.74, 6) is -0.0861. The Hall–Kier alpha value is -2.01. The summed E-state index contributed by atoms with van der Waals surface area (Å²) in [6.07, 6.45) is 0. The van der Waals surface area contributed by atoms with Crippen LogP contribution in [-0.2, 0) is 0 Å². The highest BCUT2D eigenvalue weighted by atomic mass is 32.1. The van der Waals surface area contributed by atoms with Crippen LogP contribution in [0.25, 0.3) is 0 Å². The Bertz CT molecular complexity index is 593. The minimum atomic E-state index is -0.457. The summed E-state index contributed by atoms with van der Waals surface area (Å²) >= 11 is 1.69. The molecule has 1 unspecified atom stereocenters. The maximum absolute atomic E-state index is 11.5. The molecule has 0 bridgehead atoms. The minimum Gasteiger partial charge on any atom is -0.399 e. The molecule has 4 nitrogen and oxygen atoms in total. The summed E-state index contributed by atoms with van der Waals surface area (Å²) in [7, 11) is 0. The van der Waals surface area contributed by atoms with E-state index in [-0.39, 0.29) is 6.04 Å². The van der Waals surface area contributed by atoms with E-state index in [0.29, 0.717) is 22.9 Å². The standard InChI is InChI=1S/C15H19N3OS/c1-9(2)14(13-4-3-7-20-13)18-12-8-10(16)5-6-11(12)15(17)19/h3-9,14,18H,16H2,1-2H3,(H2,17,19). The molecule has 2 aromatic rings. The number of carbonyl (C=O) groups excluding carboxylic acids is 1. The summed E-state index contributed by atoms with van der Waals surface area (Å²) in [6.45, 7) is 4.27. The van der Waals surface area contributed by atoms with Crippen LogP contribution in [0.15, 0.2) is 35.7 Å². The van der Waals surface area contributed by atoms with Gasteiger partial charge in [-0.05, 0) is 35.6 Å². The Labute approximate surface area is 122 Å². The van der Waals surface area contributed by atoms with E-state index in [2.05, 4.69) is 25.2 Å². The minimum absolute atomic E-state index is 0.120. The Morgan fingerprint density at radius 2 is 2.05 bits per heavy atom. The molecule has 5 N–H and O–H groups in total. The number of benzene rings is 1. The van der Waals surface area contributed by atoms with Crippen molar-refractivity contribution in [1.29, 1.82) is 0 Å². The topological polar surface area (TPSA) is 81.1 Å². The number of hydrogen-bond acceptors (Lipinski definition) is 4. The van der Waals surface area contributed by atoms with Crippen LogP contribution in [0.1, 0.15) is 35.1 Å². The monoisotopic (exact) mass is 289 g/mol. The third kappa shape index (κ3) is 3.11. The van der Waals surface area contributed by atoms with Crippen molar-refractivity contribution in [2.24, 2.45) is 11.7 Å². The third-order valence-corrected chi connectivity index (χ3v) is 4.09. The van der Waals surface area contributed by atoms with Gasteiger partial charge in [0.1, 0.15) is 0 Å². The highest BCUT2D eigenvalue weighted by molar-refractivity contribution is 7.10. The van der Waals surface area contributed by atoms with Crippen molar-refractivity contribution in [2.45, 2.75) is 19.9 Å². The van der Waals surface area contributed by atoms with E-state index in [1.165, 1.54) is 4.88 Å². The van der Waals surface area contributed by atoms with E-state index in [1.54, 1.807) is 29.5 Å². The number of thiophene rings is 1. The zero-order valence-corrected chi connectivity index (χ0v) is 12.4. The van der Waals surface area contributed by atoms with Crippen molar-refractivity contribution in [3.63, 3.8) is 0 Å². The Morgan fingerprint density at radius 3 is 2.60 bits per heavy atom. The first-order valence-corrected chi connectivity index (χ1v) is 7.36. The number of nitrogens with one attached hydrogen (secondary N) is 1. The van der Waals surface area contributed by atoms with Crippen molar-refractivity contribution in [2.75, 3.05) is 11.1 Å². The molecule has 1 atom stereocenters. The predicted octanol–water partition coefficient (Wildman–Crippen LogP) is 3.24. The maximum Gasteiger partial charge on any atom is 0.250 e. The van der Waals surface area contributed by atoms with Crippen LogP contribution in [0, 0.1) is 5.92 Å². The molecule has 1 aromatic carbocycles. The molecule has 0 radical (unpaired) electrons. The van der Waals surface area contributed by atoms with Gasteiger partial charge in [-0.2, -0.15) is 0 Å². The van der Waals surface area contributed by atoms with Gasteiger partial charge < -0.3 is 16.8 Å². The van der Waals surface area contributed by atoms with Crippen LogP contribution < -0.4 is 16.8 Å². The number of nitrogens with two attached hydrogens (primary N) is 2. The van der Waals surface area contributed by atoms with E-state index in [4.69, 9.17) is 11.5 Å². The lowest BCUT2D eigenvalue weighted by Gasteiger charge is -2.24. The van der Waals surface area contributed by atoms with Gasteiger partial charge in [-0.1, -0.05) is 19.9 Å². The van der Waals surface area contributed by atoms with Crippen LogP contribution in [0.3, 0.4) is 0 Å². The van der Waals surface area contributed by atoms with Gasteiger partial charge in [0.15, 0.2) is 0 Å². The smallest absolute Gasteiger partial charge is 0.250 e. The summed E-state index contributed by atoms with van der Waals surface area (Å²) in [5.41, 5.74) is 13.0. The first-order chi connectivity index (χ1) is 9.49. The molecule has 2 rings (SSSR count). The van der Waals surface area contributed by atoms with Crippen LogP contribution in [0.4, 0.5) is 11.4 Å². The molecule has 106 valence electrons. The molecule has 5 heteroatoms. The second kappa shape index (κ2) is 5.96. The fourth-order valence-electron chi connectivity index (χ4n) is 2.10. The molecular weight excluding hydrogens is 270 g/mol. The number of rotatable bonds is 5. The highest BCUT2D eigenvalue weighted by Gasteiger charge is 2.19. The van der Waals surface area contributed by atoms with Crippen molar-refractivity contribution in [3.05, 3.63) is 46.2 Å². The number of carbonyl (C=O) groups is 1. The molecule has 0 saturated carbocycles. The summed E-state index contributed by atoms with van der Waals surface area (Å²) < 4.78 is 0. The molecule has 1 amide bonds. The third-order valence-electron chi connectivity index (χ3n) is 3.14. The van der Waals surface area contributed by atoms with Gasteiger partial charge in [0.05, 0.1) is 11.6 Å². The summed E-state index contributed by atoms with van der Waals surface area (Å²) in [6, 6.07) is 9.31. The van der Waals surface area contributed by atoms with Crippen molar-refractivity contribution < 1.29 is 4.79 Å². The lowest BCUT2D eigenvalue weighted by Crippen LogP contribution is -2.20. The Kier molecular flexibility index (Phi) is 4.29. The van der Waals surface area contributed by atoms with Gasteiger partial charge in [0.2, 0.25) is 0 Å². The number of nitrogen functional groups attached to an aromatic ring is 1. The number of amides is 1. The van der Waals surface area contributed by atoms with Crippen LogP contribution in [-0.4, -0.2) is 5.91 Å². The van der Waals surface area contributed by atoms with Crippen molar-refractivity contribution in [3.8, 4) is 0 Å². The normalized spacial score (nSPS) is 12.3. The number of hydrogen-bond donors (Lipinski definition) is 3. The van der Waals surface area contributed by atoms with Gasteiger partial charge in [0.25, 0.3) is 5.91 Å². The van der Waals surface area contributed by atoms with E-state index in [9.17, 15) is 4.79 Å². The quantitative estimate of drug-likeness (QED) is 0.739. The largest absolute Gasteiger partial charge is 0.399 e. The average Bonchev–Trinajstić information content (AvgIpc) is 2.88. The van der Waals surface area contributed by atoms with Crippen molar-refractivity contribution >= 4 is 28.6 Å². The molecule has 0 aliphatic rings. The molecular formula is C15H19N3OS. The molecule has 0 saturated heterocycles. The van der Waals surface area contributed by atoms with Gasteiger partial charge in [-0.3, -0.25) is 4.79 Å². The SMILES string of the molecule is CC(C)C(Nc1cc(N)ccc1C(N)=O)c1cccs1. The highest BCUT2D eigenvalue weighted by Crippen LogP contribution is 2.31. The molecule has 0 aliphatic carbocycles. The maximum atomic E-state index is 11.5. The molecule has 1 aromatic heterocycles. The first kappa shape index (κ1) is 14.4. The number of anilines is 2. The molecule has 20 heavy (non-hydrogen) atoms. The Morgan fingerprint density at radius 1 is 1.30 bits per heavy atom. The van der Waals surface area contributed by atoms with Crippen LogP contribution >= 0.6 is 11.3 Å². The molecule has 0 fully saturated rings. The molecule has 0 aliphatic heterocycles. The lowest BCUT2D eigenvalue weighted by molar-refractivity contribution is 0.100. The van der Waals surface area contributed by atoms with E-state index in [0.717, 1.165) is 0 Å². The zero-order valence-electron chi connectivity index (χ0n) is 11.6. The van der Waals surface area contributed by atoms with Gasteiger partial charge >= 0.3 is 0 Å². The van der Waals surface area contributed by atoms with E-state index in [1.807, 2.05) is 11.4 Å². The summed E-state index contributed by atoms with van der Waals surface area (Å²) in [4.78, 5) is 12.7.